The molecule has 4 heteroatoms. The Morgan fingerprint density at radius 2 is 1.82 bits per heavy atom. The van der Waals surface area contributed by atoms with Gasteiger partial charge in [0.2, 0.25) is 0 Å². The van der Waals surface area contributed by atoms with Crippen LogP contribution in [0.1, 0.15) is 10.6 Å². The van der Waals surface area contributed by atoms with E-state index in [4.69, 9.17) is 0 Å². The lowest BCUT2D eigenvalue weighted by Gasteiger charge is -2.15. The molecular formula is C18H14N2S2. The average Bonchev–Trinajstić information content (AvgIpc) is 3.29. The van der Waals surface area contributed by atoms with Gasteiger partial charge in [0.15, 0.2) is 0 Å². The molecule has 0 atom stereocenters. The molecule has 0 radical (unpaired) electrons. The number of dihydropyridines is 1. The molecule has 0 fully saturated rings. The van der Waals surface area contributed by atoms with Crippen molar-refractivity contribution in [3.8, 4) is 10.4 Å². The summed E-state index contributed by atoms with van der Waals surface area (Å²) >= 11 is 3.52. The summed E-state index contributed by atoms with van der Waals surface area (Å²) in [5.41, 5.74) is 4.57. The second-order valence-corrected chi connectivity index (χ2v) is 6.88. The zero-order valence-electron chi connectivity index (χ0n) is 11.8. The standard InChI is InChI=1S/C18H14N2S2/c1-3-17(21-9-1)13-5-7-19-15(11-13)16-12-14(6-8-20-16)18-4-2-10-22-18/h1-7,9-12,20H,8H2. The highest BCUT2D eigenvalue weighted by Crippen LogP contribution is 2.29. The van der Waals surface area contributed by atoms with Crippen LogP contribution in [0.2, 0.25) is 0 Å². The number of hydrogen-bond donors (Lipinski definition) is 1. The van der Waals surface area contributed by atoms with Gasteiger partial charge in [-0.3, -0.25) is 4.98 Å². The summed E-state index contributed by atoms with van der Waals surface area (Å²) in [6.45, 7) is 0.837. The minimum absolute atomic E-state index is 0.837. The van der Waals surface area contributed by atoms with Crippen LogP contribution in [-0.2, 0) is 0 Å². The normalized spacial score (nSPS) is 14.2. The van der Waals surface area contributed by atoms with Gasteiger partial charge in [0.25, 0.3) is 0 Å². The number of thiophene rings is 2. The molecule has 0 unspecified atom stereocenters. The Morgan fingerprint density at radius 1 is 1.00 bits per heavy atom. The SMILES string of the molecule is C1=C(c2cc(-c3cccs3)ccn2)NCC=C1c1cccs1. The molecule has 0 saturated heterocycles. The highest BCUT2D eigenvalue weighted by Gasteiger charge is 2.11. The Balaban J connectivity index is 1.70. The van der Waals surface area contributed by atoms with Crippen molar-refractivity contribution < 1.29 is 0 Å². The number of allylic oxidation sites excluding steroid dienone is 2. The van der Waals surface area contributed by atoms with Crippen molar-refractivity contribution in [2.45, 2.75) is 0 Å². The molecule has 4 rings (SSSR count). The van der Waals surface area contributed by atoms with Crippen molar-refractivity contribution in [2.75, 3.05) is 6.54 Å². The zero-order chi connectivity index (χ0) is 14.8. The molecule has 1 aliphatic rings. The quantitative estimate of drug-likeness (QED) is 0.742. The van der Waals surface area contributed by atoms with E-state index in [-0.39, 0.29) is 0 Å². The summed E-state index contributed by atoms with van der Waals surface area (Å²) in [5, 5.41) is 7.64. The lowest BCUT2D eigenvalue weighted by molar-refractivity contribution is 0.985. The predicted molar refractivity (Wildman–Crippen MR) is 95.8 cm³/mol. The van der Waals surface area contributed by atoms with Crippen molar-refractivity contribution in [3.63, 3.8) is 0 Å². The first kappa shape index (κ1) is 13.5. The molecule has 2 nitrogen and oxygen atoms in total. The summed E-state index contributed by atoms with van der Waals surface area (Å²) < 4.78 is 0. The minimum atomic E-state index is 0.837. The Kier molecular flexibility index (Phi) is 3.62. The first-order valence-corrected chi connectivity index (χ1v) is 8.86. The van der Waals surface area contributed by atoms with Crippen LogP contribution in [0.25, 0.3) is 21.7 Å². The molecule has 0 spiro atoms. The van der Waals surface area contributed by atoms with Crippen LogP contribution in [0.5, 0.6) is 0 Å². The summed E-state index contributed by atoms with van der Waals surface area (Å²) in [6, 6.07) is 12.7. The van der Waals surface area contributed by atoms with Crippen LogP contribution in [0.15, 0.2) is 65.5 Å². The highest BCUT2D eigenvalue weighted by atomic mass is 32.1. The Labute approximate surface area is 137 Å². The van der Waals surface area contributed by atoms with Gasteiger partial charge in [-0.25, -0.2) is 0 Å². The number of hydrogen-bond acceptors (Lipinski definition) is 4. The smallest absolute Gasteiger partial charge is 0.0867 e. The molecule has 0 aromatic carbocycles. The highest BCUT2D eigenvalue weighted by molar-refractivity contribution is 7.13. The maximum absolute atomic E-state index is 4.54. The summed E-state index contributed by atoms with van der Waals surface area (Å²) in [4.78, 5) is 7.11. The second kappa shape index (κ2) is 5.91. The molecule has 1 aliphatic heterocycles. The van der Waals surface area contributed by atoms with Gasteiger partial charge in [-0.15, -0.1) is 22.7 Å². The van der Waals surface area contributed by atoms with E-state index in [2.05, 4.69) is 69.6 Å². The molecule has 108 valence electrons. The monoisotopic (exact) mass is 322 g/mol. The van der Waals surface area contributed by atoms with E-state index in [1.165, 1.54) is 20.9 Å². The van der Waals surface area contributed by atoms with E-state index < -0.39 is 0 Å². The van der Waals surface area contributed by atoms with Gasteiger partial charge in [0.1, 0.15) is 0 Å². The minimum Gasteiger partial charge on any atom is -0.380 e. The fourth-order valence-corrected chi connectivity index (χ4v) is 3.95. The number of nitrogens with zero attached hydrogens (tertiary/aromatic N) is 1. The van der Waals surface area contributed by atoms with E-state index in [1.54, 1.807) is 22.7 Å². The molecule has 0 saturated carbocycles. The third-order valence-electron chi connectivity index (χ3n) is 3.56. The maximum atomic E-state index is 4.54. The van der Waals surface area contributed by atoms with Gasteiger partial charge in [-0.1, -0.05) is 18.2 Å². The van der Waals surface area contributed by atoms with Crippen molar-refractivity contribution in [2.24, 2.45) is 0 Å². The number of pyridine rings is 1. The van der Waals surface area contributed by atoms with Crippen LogP contribution in [-0.4, -0.2) is 11.5 Å². The molecule has 0 bridgehead atoms. The second-order valence-electron chi connectivity index (χ2n) is 4.98. The number of nitrogens with one attached hydrogen (secondary N) is 1. The summed E-state index contributed by atoms with van der Waals surface area (Å²) in [6.07, 6.45) is 6.30. The van der Waals surface area contributed by atoms with Crippen molar-refractivity contribution in [1.29, 1.82) is 0 Å². The predicted octanol–water partition coefficient (Wildman–Crippen LogP) is 4.90. The molecule has 3 aromatic heterocycles. The summed E-state index contributed by atoms with van der Waals surface area (Å²) in [5.74, 6) is 0. The Bertz CT molecular complexity index is 828. The van der Waals surface area contributed by atoms with Crippen LogP contribution >= 0.6 is 22.7 Å². The van der Waals surface area contributed by atoms with E-state index >= 15 is 0 Å². The van der Waals surface area contributed by atoms with Gasteiger partial charge >= 0.3 is 0 Å². The maximum Gasteiger partial charge on any atom is 0.0867 e. The molecule has 0 aliphatic carbocycles. The average molecular weight is 322 g/mol. The lowest BCUT2D eigenvalue weighted by Crippen LogP contribution is -2.16. The van der Waals surface area contributed by atoms with Crippen molar-refractivity contribution in [3.05, 3.63) is 76.1 Å². The number of aromatic nitrogens is 1. The van der Waals surface area contributed by atoms with Crippen LogP contribution in [0.3, 0.4) is 0 Å². The molecular weight excluding hydrogens is 308 g/mol. The fraction of sp³-hybridized carbons (Fsp3) is 0.0556. The molecule has 1 N–H and O–H groups in total. The molecule has 4 heterocycles. The fourth-order valence-electron chi connectivity index (χ4n) is 2.49. The van der Waals surface area contributed by atoms with Gasteiger partial charge < -0.3 is 5.32 Å². The topological polar surface area (TPSA) is 24.9 Å². The third kappa shape index (κ3) is 2.63. The Morgan fingerprint density at radius 3 is 2.59 bits per heavy atom. The van der Waals surface area contributed by atoms with Crippen molar-refractivity contribution in [1.82, 2.24) is 10.3 Å². The lowest BCUT2D eigenvalue weighted by atomic mass is 10.1. The van der Waals surface area contributed by atoms with Crippen LogP contribution in [0.4, 0.5) is 0 Å². The van der Waals surface area contributed by atoms with E-state index in [1.807, 2.05) is 6.20 Å². The first-order valence-electron chi connectivity index (χ1n) is 7.10. The van der Waals surface area contributed by atoms with Gasteiger partial charge in [0.05, 0.1) is 11.4 Å². The van der Waals surface area contributed by atoms with Gasteiger partial charge in [-0.05, 0) is 52.2 Å². The van der Waals surface area contributed by atoms with Crippen LogP contribution in [0, 0.1) is 0 Å². The number of rotatable bonds is 3. The van der Waals surface area contributed by atoms with Crippen molar-refractivity contribution >= 4 is 33.9 Å². The third-order valence-corrected chi connectivity index (χ3v) is 5.40. The summed E-state index contributed by atoms with van der Waals surface area (Å²) in [7, 11) is 0. The van der Waals surface area contributed by atoms with E-state index in [0.29, 0.717) is 0 Å². The van der Waals surface area contributed by atoms with E-state index in [9.17, 15) is 0 Å². The van der Waals surface area contributed by atoms with Gasteiger partial charge in [-0.2, -0.15) is 0 Å². The van der Waals surface area contributed by atoms with Gasteiger partial charge in [0, 0.05) is 22.5 Å². The molecule has 22 heavy (non-hydrogen) atoms. The largest absolute Gasteiger partial charge is 0.380 e. The molecule has 0 amide bonds. The molecule has 3 aromatic rings. The first-order chi connectivity index (χ1) is 10.9. The Hall–Kier alpha value is -2.17. The van der Waals surface area contributed by atoms with E-state index in [0.717, 1.165) is 17.9 Å². The van der Waals surface area contributed by atoms with Crippen LogP contribution < -0.4 is 5.32 Å². The zero-order valence-corrected chi connectivity index (χ0v) is 13.5.